The molecule has 0 saturated carbocycles. The summed E-state index contributed by atoms with van der Waals surface area (Å²) in [4.78, 5) is 19.1. The van der Waals surface area contributed by atoms with Crippen molar-refractivity contribution in [1.82, 2.24) is 9.55 Å². The molecule has 0 bridgehead atoms. The first-order valence-corrected chi connectivity index (χ1v) is 8.60. The quantitative estimate of drug-likeness (QED) is 0.587. The van der Waals surface area contributed by atoms with Gasteiger partial charge in [0, 0.05) is 7.05 Å². The molecule has 0 atom stereocenters. The van der Waals surface area contributed by atoms with Gasteiger partial charge >= 0.3 is 5.69 Å². The Morgan fingerprint density at radius 3 is 2.69 bits per heavy atom. The van der Waals surface area contributed by atoms with Crippen molar-refractivity contribution in [2.75, 3.05) is 7.11 Å². The van der Waals surface area contributed by atoms with Crippen LogP contribution in [-0.4, -0.2) is 16.7 Å². The summed E-state index contributed by atoms with van der Waals surface area (Å²) < 4.78 is 31.1. The molecule has 0 aliphatic heterocycles. The Hall–Kier alpha value is -3.86. The van der Waals surface area contributed by atoms with Gasteiger partial charge in [-0.05, 0) is 48.4 Å². The molecular formula is C21H18FN3O4. The van der Waals surface area contributed by atoms with Crippen LogP contribution in [0.3, 0.4) is 0 Å². The molecule has 2 aromatic carbocycles. The average molecular weight is 395 g/mol. The molecule has 0 aliphatic carbocycles. The van der Waals surface area contributed by atoms with Crippen LogP contribution in [0.4, 0.5) is 10.1 Å². The van der Waals surface area contributed by atoms with Crippen molar-refractivity contribution < 1.29 is 18.6 Å². The SMILES string of the molecule is [C-]#[N+]c1cc(COc2cc(OC)n(C)c(=O)n2)ccc1Oc1ccc(F)c(C)c1. The molecular weight excluding hydrogens is 377 g/mol. The number of rotatable bonds is 6. The van der Waals surface area contributed by atoms with Gasteiger partial charge in [0.05, 0.1) is 19.7 Å². The minimum Gasteiger partial charge on any atom is -0.482 e. The Kier molecular flexibility index (Phi) is 5.79. The van der Waals surface area contributed by atoms with Crippen LogP contribution in [-0.2, 0) is 13.7 Å². The number of nitrogens with zero attached hydrogens (tertiary/aromatic N) is 3. The van der Waals surface area contributed by atoms with Crippen LogP contribution in [0.2, 0.25) is 0 Å². The van der Waals surface area contributed by atoms with E-state index in [0.29, 0.717) is 28.5 Å². The van der Waals surface area contributed by atoms with E-state index in [0.717, 1.165) is 0 Å². The van der Waals surface area contributed by atoms with Crippen LogP contribution in [0.1, 0.15) is 11.1 Å². The molecule has 0 N–H and O–H groups in total. The zero-order valence-corrected chi connectivity index (χ0v) is 16.1. The van der Waals surface area contributed by atoms with Crippen molar-refractivity contribution in [3.8, 4) is 23.3 Å². The number of ether oxygens (including phenoxy) is 3. The Balaban J connectivity index is 1.77. The first-order valence-electron chi connectivity index (χ1n) is 8.60. The summed E-state index contributed by atoms with van der Waals surface area (Å²) >= 11 is 0. The average Bonchev–Trinajstić information content (AvgIpc) is 2.72. The van der Waals surface area contributed by atoms with E-state index >= 15 is 0 Å². The maximum Gasteiger partial charge on any atom is 0.353 e. The van der Waals surface area contributed by atoms with Crippen LogP contribution in [0.5, 0.6) is 23.3 Å². The molecule has 0 unspecified atom stereocenters. The van der Waals surface area contributed by atoms with Crippen molar-refractivity contribution in [3.63, 3.8) is 0 Å². The summed E-state index contributed by atoms with van der Waals surface area (Å²) in [5, 5.41) is 0. The lowest BCUT2D eigenvalue weighted by atomic mass is 10.2. The van der Waals surface area contributed by atoms with Gasteiger partial charge in [0.15, 0.2) is 0 Å². The highest BCUT2D eigenvalue weighted by molar-refractivity contribution is 5.60. The highest BCUT2D eigenvalue weighted by atomic mass is 19.1. The van der Waals surface area contributed by atoms with Crippen LogP contribution in [0.25, 0.3) is 4.85 Å². The standard InChI is InChI=1S/C21H18FN3O4/c1-13-9-15(6-7-16(13)22)29-18-8-5-14(10-17(18)23-2)12-28-19-11-20(27-4)25(3)21(26)24-19/h5-11H,12H2,1,3-4H3. The van der Waals surface area contributed by atoms with Gasteiger partial charge in [0.1, 0.15) is 23.9 Å². The molecule has 3 aromatic rings. The Morgan fingerprint density at radius 2 is 2.00 bits per heavy atom. The Morgan fingerprint density at radius 1 is 1.21 bits per heavy atom. The fourth-order valence-corrected chi connectivity index (χ4v) is 2.56. The van der Waals surface area contributed by atoms with Crippen molar-refractivity contribution >= 4 is 5.69 Å². The van der Waals surface area contributed by atoms with Gasteiger partial charge in [0.25, 0.3) is 0 Å². The Bertz CT molecular complexity index is 1150. The number of hydrogen-bond donors (Lipinski definition) is 0. The van der Waals surface area contributed by atoms with Gasteiger partial charge in [-0.25, -0.2) is 14.0 Å². The molecule has 0 amide bonds. The molecule has 1 heterocycles. The lowest BCUT2D eigenvalue weighted by Crippen LogP contribution is -2.21. The lowest BCUT2D eigenvalue weighted by molar-refractivity contribution is 0.284. The zero-order chi connectivity index (χ0) is 21.0. The molecule has 8 heteroatoms. The van der Waals surface area contributed by atoms with E-state index in [1.807, 2.05) is 0 Å². The largest absolute Gasteiger partial charge is 0.482 e. The second-order valence-electron chi connectivity index (χ2n) is 6.19. The molecule has 0 radical (unpaired) electrons. The molecule has 0 spiro atoms. The zero-order valence-electron chi connectivity index (χ0n) is 16.1. The van der Waals surface area contributed by atoms with Crippen LogP contribution >= 0.6 is 0 Å². The van der Waals surface area contributed by atoms with Gasteiger partial charge in [-0.1, -0.05) is 6.07 Å². The van der Waals surface area contributed by atoms with E-state index in [1.165, 1.54) is 29.9 Å². The van der Waals surface area contributed by atoms with E-state index in [2.05, 4.69) is 9.83 Å². The van der Waals surface area contributed by atoms with E-state index < -0.39 is 5.69 Å². The third kappa shape index (κ3) is 4.52. The van der Waals surface area contributed by atoms with E-state index in [4.69, 9.17) is 20.8 Å². The van der Waals surface area contributed by atoms with E-state index in [9.17, 15) is 9.18 Å². The van der Waals surface area contributed by atoms with Crippen LogP contribution < -0.4 is 19.9 Å². The summed E-state index contributed by atoms with van der Waals surface area (Å²) in [7, 11) is 2.99. The second kappa shape index (κ2) is 8.44. The summed E-state index contributed by atoms with van der Waals surface area (Å²) in [5.41, 5.74) is 0.927. The minimum absolute atomic E-state index is 0.0990. The van der Waals surface area contributed by atoms with Gasteiger partial charge in [-0.3, -0.25) is 4.57 Å². The molecule has 0 saturated heterocycles. The number of methoxy groups -OCH3 is 1. The number of hydrogen-bond acceptors (Lipinski definition) is 5. The number of aryl methyl sites for hydroxylation is 1. The first kappa shape index (κ1) is 19.9. The molecule has 29 heavy (non-hydrogen) atoms. The highest BCUT2D eigenvalue weighted by Crippen LogP contribution is 2.33. The molecule has 148 valence electrons. The molecule has 7 nitrogen and oxygen atoms in total. The van der Waals surface area contributed by atoms with Gasteiger partial charge in [-0.15, -0.1) is 0 Å². The summed E-state index contributed by atoms with van der Waals surface area (Å²) in [6.07, 6.45) is 0. The third-order valence-electron chi connectivity index (χ3n) is 4.17. The van der Waals surface area contributed by atoms with Crippen LogP contribution in [0, 0.1) is 19.3 Å². The number of halogens is 1. The molecule has 1 aromatic heterocycles. The number of aromatic nitrogens is 2. The predicted octanol–water partition coefficient (Wildman–Crippen LogP) is 4.16. The normalized spacial score (nSPS) is 10.3. The minimum atomic E-state index is -0.500. The fourth-order valence-electron chi connectivity index (χ4n) is 2.56. The van der Waals surface area contributed by atoms with Crippen molar-refractivity contribution in [2.45, 2.75) is 13.5 Å². The fraction of sp³-hybridized carbons (Fsp3) is 0.190. The molecule has 3 rings (SSSR count). The summed E-state index contributed by atoms with van der Waals surface area (Å²) in [6.45, 7) is 9.13. The Labute approximate surface area is 166 Å². The van der Waals surface area contributed by atoms with E-state index in [1.54, 1.807) is 38.2 Å². The van der Waals surface area contributed by atoms with Gasteiger partial charge in [-0.2, -0.15) is 4.98 Å². The van der Waals surface area contributed by atoms with Crippen molar-refractivity contribution in [2.24, 2.45) is 7.05 Å². The lowest BCUT2D eigenvalue weighted by Gasteiger charge is -2.12. The predicted molar refractivity (Wildman–Crippen MR) is 104 cm³/mol. The van der Waals surface area contributed by atoms with Crippen molar-refractivity contribution in [1.29, 1.82) is 0 Å². The molecule has 0 fully saturated rings. The monoisotopic (exact) mass is 395 g/mol. The molecule has 0 aliphatic rings. The summed E-state index contributed by atoms with van der Waals surface area (Å²) in [5.74, 6) is 0.908. The topological polar surface area (TPSA) is 66.9 Å². The first-order chi connectivity index (χ1) is 13.9. The maximum atomic E-state index is 13.4. The van der Waals surface area contributed by atoms with Gasteiger partial charge in [0.2, 0.25) is 17.4 Å². The highest BCUT2D eigenvalue weighted by Gasteiger charge is 2.10. The maximum absolute atomic E-state index is 13.4. The van der Waals surface area contributed by atoms with Crippen molar-refractivity contribution in [3.05, 3.63) is 81.3 Å². The number of benzene rings is 2. The van der Waals surface area contributed by atoms with E-state index in [-0.39, 0.29) is 24.0 Å². The third-order valence-corrected chi connectivity index (χ3v) is 4.17. The van der Waals surface area contributed by atoms with Gasteiger partial charge < -0.3 is 14.2 Å². The van der Waals surface area contributed by atoms with Crippen LogP contribution in [0.15, 0.2) is 47.3 Å². The summed E-state index contributed by atoms with van der Waals surface area (Å²) in [6, 6.07) is 10.9. The smallest absolute Gasteiger partial charge is 0.353 e. The second-order valence-corrected chi connectivity index (χ2v) is 6.19.